The predicted octanol–water partition coefficient (Wildman–Crippen LogP) is 2.60. The molecule has 0 saturated heterocycles. The van der Waals surface area contributed by atoms with Gasteiger partial charge in [0, 0.05) is 11.0 Å². The van der Waals surface area contributed by atoms with Gasteiger partial charge < -0.3 is 10.4 Å². The van der Waals surface area contributed by atoms with Crippen LogP contribution in [0.5, 0.6) is 0 Å². The molecule has 0 fully saturated rings. The highest BCUT2D eigenvalue weighted by molar-refractivity contribution is 9.10. The smallest absolute Gasteiger partial charge is 0.252 e. The molecular weight excluding hydrogens is 293 g/mol. The van der Waals surface area contributed by atoms with Crippen LogP contribution in [0, 0.1) is 0 Å². The Balaban J connectivity index is 2.70. The lowest BCUT2D eigenvalue weighted by atomic mass is 10.2. The van der Waals surface area contributed by atoms with Gasteiger partial charge in [0.05, 0.1) is 16.7 Å². The number of hydrogen-bond acceptors (Lipinski definition) is 2. The van der Waals surface area contributed by atoms with Crippen molar-refractivity contribution in [1.82, 2.24) is 5.32 Å². The zero-order valence-corrected chi connectivity index (χ0v) is 11.2. The van der Waals surface area contributed by atoms with Crippen molar-refractivity contribution in [1.29, 1.82) is 0 Å². The van der Waals surface area contributed by atoms with Crippen molar-refractivity contribution in [2.75, 3.05) is 6.54 Å². The second-order valence-corrected chi connectivity index (χ2v) is 4.61. The molecule has 1 unspecified atom stereocenters. The fourth-order valence-electron chi connectivity index (χ4n) is 1.13. The number of hydrogen-bond donors (Lipinski definition) is 2. The van der Waals surface area contributed by atoms with Crippen molar-refractivity contribution >= 4 is 33.4 Å². The third kappa shape index (κ3) is 3.47. The van der Waals surface area contributed by atoms with Gasteiger partial charge in [0.25, 0.3) is 5.91 Å². The van der Waals surface area contributed by atoms with Crippen molar-refractivity contribution in [3.8, 4) is 0 Å². The molecule has 5 heteroatoms. The molecule has 0 bridgehead atoms. The standard InChI is InChI=1S/C11H13BrClNO2/c1-2-7(15)6-14-11(16)8-4-3-5-9(12)10(8)13/h3-5,7,15H,2,6H2,1H3,(H,14,16). The van der Waals surface area contributed by atoms with Gasteiger partial charge in [-0.3, -0.25) is 4.79 Å². The molecule has 0 radical (unpaired) electrons. The molecule has 0 heterocycles. The molecule has 1 aromatic rings. The van der Waals surface area contributed by atoms with E-state index in [1.807, 2.05) is 6.92 Å². The summed E-state index contributed by atoms with van der Waals surface area (Å²) in [5, 5.41) is 12.3. The summed E-state index contributed by atoms with van der Waals surface area (Å²) >= 11 is 9.21. The topological polar surface area (TPSA) is 49.3 Å². The summed E-state index contributed by atoms with van der Waals surface area (Å²) < 4.78 is 0.679. The van der Waals surface area contributed by atoms with E-state index < -0.39 is 6.10 Å². The number of carbonyl (C=O) groups excluding carboxylic acids is 1. The lowest BCUT2D eigenvalue weighted by Gasteiger charge is -2.10. The average Bonchev–Trinajstić information content (AvgIpc) is 2.29. The van der Waals surface area contributed by atoms with E-state index in [0.29, 0.717) is 21.5 Å². The molecule has 0 aromatic heterocycles. The van der Waals surface area contributed by atoms with Crippen molar-refractivity contribution in [3.05, 3.63) is 33.3 Å². The van der Waals surface area contributed by atoms with Gasteiger partial charge in [-0.15, -0.1) is 0 Å². The van der Waals surface area contributed by atoms with Crippen molar-refractivity contribution in [2.24, 2.45) is 0 Å². The van der Waals surface area contributed by atoms with Gasteiger partial charge in [-0.1, -0.05) is 24.6 Å². The van der Waals surface area contributed by atoms with Gasteiger partial charge in [0.1, 0.15) is 0 Å². The Labute approximate surface area is 108 Å². The first-order valence-electron chi connectivity index (χ1n) is 4.96. The lowest BCUT2D eigenvalue weighted by molar-refractivity contribution is 0.0914. The number of carbonyl (C=O) groups is 1. The van der Waals surface area contributed by atoms with E-state index in [1.165, 1.54) is 0 Å². The minimum Gasteiger partial charge on any atom is -0.391 e. The second-order valence-electron chi connectivity index (χ2n) is 3.37. The summed E-state index contributed by atoms with van der Waals surface area (Å²) in [5.41, 5.74) is 0.402. The molecule has 88 valence electrons. The van der Waals surface area contributed by atoms with Gasteiger partial charge in [0.15, 0.2) is 0 Å². The maximum absolute atomic E-state index is 11.7. The maximum Gasteiger partial charge on any atom is 0.252 e. The number of aliphatic hydroxyl groups excluding tert-OH is 1. The van der Waals surface area contributed by atoms with E-state index in [4.69, 9.17) is 11.6 Å². The molecule has 0 aliphatic heterocycles. The molecule has 1 amide bonds. The Morgan fingerprint density at radius 1 is 1.62 bits per heavy atom. The summed E-state index contributed by atoms with van der Waals surface area (Å²) in [6, 6.07) is 5.14. The Morgan fingerprint density at radius 3 is 2.94 bits per heavy atom. The van der Waals surface area contributed by atoms with E-state index >= 15 is 0 Å². The Bertz CT molecular complexity index is 384. The summed E-state index contributed by atoms with van der Waals surface area (Å²) in [7, 11) is 0. The van der Waals surface area contributed by atoms with Gasteiger partial charge in [-0.25, -0.2) is 0 Å². The highest BCUT2D eigenvalue weighted by atomic mass is 79.9. The molecule has 1 atom stereocenters. The van der Waals surface area contributed by atoms with E-state index in [9.17, 15) is 9.90 Å². The zero-order chi connectivity index (χ0) is 12.1. The van der Waals surface area contributed by atoms with E-state index in [1.54, 1.807) is 18.2 Å². The van der Waals surface area contributed by atoms with Crippen LogP contribution in [-0.2, 0) is 0 Å². The molecule has 0 aliphatic carbocycles. The largest absolute Gasteiger partial charge is 0.391 e. The lowest BCUT2D eigenvalue weighted by Crippen LogP contribution is -2.31. The quantitative estimate of drug-likeness (QED) is 0.898. The van der Waals surface area contributed by atoms with Crippen LogP contribution in [-0.4, -0.2) is 23.7 Å². The predicted molar refractivity (Wildman–Crippen MR) is 67.8 cm³/mol. The number of rotatable bonds is 4. The fourth-order valence-corrected chi connectivity index (χ4v) is 1.71. The van der Waals surface area contributed by atoms with Crippen LogP contribution in [0.15, 0.2) is 22.7 Å². The Hall–Kier alpha value is -0.580. The number of aliphatic hydroxyl groups is 1. The zero-order valence-electron chi connectivity index (χ0n) is 8.84. The Kier molecular flexibility index (Phi) is 5.25. The first-order valence-corrected chi connectivity index (χ1v) is 6.13. The number of benzene rings is 1. The first-order chi connectivity index (χ1) is 7.56. The normalized spacial score (nSPS) is 12.2. The average molecular weight is 307 g/mol. The van der Waals surface area contributed by atoms with Crippen LogP contribution in [0.1, 0.15) is 23.7 Å². The van der Waals surface area contributed by atoms with Crippen LogP contribution in [0.3, 0.4) is 0 Å². The molecule has 0 spiro atoms. The van der Waals surface area contributed by atoms with Crippen molar-refractivity contribution < 1.29 is 9.90 Å². The minimum atomic E-state index is -0.519. The Morgan fingerprint density at radius 2 is 2.31 bits per heavy atom. The van der Waals surface area contributed by atoms with Crippen LogP contribution >= 0.6 is 27.5 Å². The van der Waals surface area contributed by atoms with Crippen LogP contribution in [0.4, 0.5) is 0 Å². The SMILES string of the molecule is CCC(O)CNC(=O)c1cccc(Br)c1Cl. The summed E-state index contributed by atoms with van der Waals surface area (Å²) in [5.74, 6) is -0.279. The third-order valence-corrected chi connectivity index (χ3v) is 3.46. The minimum absolute atomic E-state index is 0.234. The molecule has 1 rings (SSSR count). The van der Waals surface area contributed by atoms with Crippen LogP contribution < -0.4 is 5.32 Å². The van der Waals surface area contributed by atoms with E-state index in [0.717, 1.165) is 0 Å². The number of halogens is 2. The summed E-state index contributed by atoms with van der Waals surface area (Å²) in [6.45, 7) is 2.08. The second kappa shape index (κ2) is 6.23. The maximum atomic E-state index is 11.7. The van der Waals surface area contributed by atoms with E-state index in [-0.39, 0.29) is 12.5 Å². The van der Waals surface area contributed by atoms with Crippen LogP contribution in [0.25, 0.3) is 0 Å². The molecule has 1 aromatic carbocycles. The molecule has 2 N–H and O–H groups in total. The molecular formula is C11H13BrClNO2. The number of nitrogens with one attached hydrogen (secondary N) is 1. The molecule has 3 nitrogen and oxygen atoms in total. The van der Waals surface area contributed by atoms with Crippen molar-refractivity contribution in [2.45, 2.75) is 19.4 Å². The summed E-state index contributed by atoms with van der Waals surface area (Å²) in [6.07, 6.45) is 0.0850. The molecule has 16 heavy (non-hydrogen) atoms. The van der Waals surface area contributed by atoms with Gasteiger partial charge in [-0.05, 0) is 34.5 Å². The summed E-state index contributed by atoms with van der Waals surface area (Å²) in [4.78, 5) is 11.7. The highest BCUT2D eigenvalue weighted by Gasteiger charge is 2.12. The number of amides is 1. The van der Waals surface area contributed by atoms with Gasteiger partial charge in [0.2, 0.25) is 0 Å². The highest BCUT2D eigenvalue weighted by Crippen LogP contribution is 2.25. The monoisotopic (exact) mass is 305 g/mol. The molecule has 0 aliphatic rings. The third-order valence-electron chi connectivity index (χ3n) is 2.17. The fraction of sp³-hybridized carbons (Fsp3) is 0.364. The van der Waals surface area contributed by atoms with Crippen LogP contribution in [0.2, 0.25) is 5.02 Å². The van der Waals surface area contributed by atoms with E-state index in [2.05, 4.69) is 21.2 Å². The van der Waals surface area contributed by atoms with Gasteiger partial charge >= 0.3 is 0 Å². The molecule has 0 saturated carbocycles. The first kappa shape index (κ1) is 13.5. The van der Waals surface area contributed by atoms with Gasteiger partial charge in [-0.2, -0.15) is 0 Å². The van der Waals surface area contributed by atoms with Crippen molar-refractivity contribution in [3.63, 3.8) is 0 Å².